The van der Waals surface area contributed by atoms with Crippen LogP contribution < -0.4 is 20.7 Å². The number of carbonyl (C=O) groups excluding carboxylic acids is 1. The first kappa shape index (κ1) is 16.4. The molecule has 0 heterocycles. The van der Waals surface area contributed by atoms with E-state index in [1.807, 2.05) is 66.7 Å². The smallest absolute Gasteiger partial charge is 0.323 e. The van der Waals surface area contributed by atoms with Crippen molar-refractivity contribution in [3.63, 3.8) is 0 Å². The fraction of sp³-hybridized carbons (Fsp3) is 0.0500. The van der Waals surface area contributed by atoms with Gasteiger partial charge >= 0.3 is 6.03 Å². The normalized spacial score (nSPS) is 9.96. The maximum absolute atomic E-state index is 12.1. The van der Waals surface area contributed by atoms with Gasteiger partial charge in [0, 0.05) is 17.1 Å². The molecule has 3 N–H and O–H groups in total. The van der Waals surface area contributed by atoms with Crippen molar-refractivity contribution in [2.24, 2.45) is 0 Å². The van der Waals surface area contributed by atoms with Crippen LogP contribution in [0.2, 0.25) is 0 Å². The zero-order valence-corrected chi connectivity index (χ0v) is 13.8. The van der Waals surface area contributed by atoms with Crippen LogP contribution in [0, 0.1) is 0 Å². The monoisotopic (exact) mass is 333 g/mol. The number of hydrogen-bond donors (Lipinski definition) is 3. The third-order valence-electron chi connectivity index (χ3n) is 3.56. The van der Waals surface area contributed by atoms with Crippen LogP contribution in [-0.2, 0) is 0 Å². The minimum atomic E-state index is -0.326. The standard InChI is InChI=1S/C20H19N3O2/c1-25-19-10-6-5-9-18(19)23-20(24)22-17-13-11-16(12-14-17)21-15-7-3-2-4-8-15/h2-14,21H,1H3,(H2,22,23,24). The summed E-state index contributed by atoms with van der Waals surface area (Å²) >= 11 is 0. The van der Waals surface area contributed by atoms with Crippen LogP contribution in [0.25, 0.3) is 0 Å². The molecule has 3 rings (SSSR count). The number of amides is 2. The topological polar surface area (TPSA) is 62.4 Å². The Morgan fingerprint density at radius 1 is 0.720 bits per heavy atom. The summed E-state index contributed by atoms with van der Waals surface area (Å²) in [5.41, 5.74) is 3.27. The number of benzene rings is 3. The zero-order valence-electron chi connectivity index (χ0n) is 13.8. The van der Waals surface area contributed by atoms with E-state index in [1.165, 1.54) is 0 Å². The van der Waals surface area contributed by atoms with Gasteiger partial charge in [-0.25, -0.2) is 4.79 Å². The number of rotatable bonds is 5. The molecule has 25 heavy (non-hydrogen) atoms. The SMILES string of the molecule is COc1ccccc1NC(=O)Nc1ccc(Nc2ccccc2)cc1. The minimum absolute atomic E-state index is 0.326. The Morgan fingerprint density at radius 3 is 2.04 bits per heavy atom. The first-order valence-electron chi connectivity index (χ1n) is 7.88. The second-order valence-electron chi connectivity index (χ2n) is 5.35. The second-order valence-corrected chi connectivity index (χ2v) is 5.35. The molecule has 0 bridgehead atoms. The molecular weight excluding hydrogens is 314 g/mol. The summed E-state index contributed by atoms with van der Waals surface area (Å²) in [5, 5.41) is 8.87. The molecule has 3 aromatic carbocycles. The fourth-order valence-corrected chi connectivity index (χ4v) is 2.36. The van der Waals surface area contributed by atoms with Crippen molar-refractivity contribution < 1.29 is 9.53 Å². The number of hydrogen-bond acceptors (Lipinski definition) is 3. The Bertz CT molecular complexity index is 833. The molecule has 2 amide bonds. The fourth-order valence-electron chi connectivity index (χ4n) is 2.36. The van der Waals surface area contributed by atoms with Crippen LogP contribution in [0.3, 0.4) is 0 Å². The molecule has 3 aromatic rings. The van der Waals surface area contributed by atoms with Crippen molar-refractivity contribution >= 4 is 28.8 Å². The van der Waals surface area contributed by atoms with Gasteiger partial charge in [-0.1, -0.05) is 30.3 Å². The Balaban J connectivity index is 1.60. The van der Waals surface area contributed by atoms with Gasteiger partial charge < -0.3 is 20.7 Å². The third-order valence-corrected chi connectivity index (χ3v) is 3.56. The van der Waals surface area contributed by atoms with Crippen molar-refractivity contribution in [1.82, 2.24) is 0 Å². The summed E-state index contributed by atoms with van der Waals surface area (Å²) in [4.78, 5) is 12.1. The molecule has 0 unspecified atom stereocenters. The maximum atomic E-state index is 12.1. The molecular formula is C20H19N3O2. The van der Waals surface area contributed by atoms with Gasteiger partial charge in [-0.2, -0.15) is 0 Å². The van der Waals surface area contributed by atoms with Crippen molar-refractivity contribution in [3.05, 3.63) is 78.9 Å². The number of ether oxygens (including phenoxy) is 1. The summed E-state index contributed by atoms with van der Waals surface area (Å²) < 4.78 is 5.22. The first-order chi connectivity index (χ1) is 12.2. The molecule has 0 radical (unpaired) electrons. The van der Waals surface area contributed by atoms with Crippen molar-refractivity contribution in [3.8, 4) is 5.75 Å². The highest BCUT2D eigenvalue weighted by molar-refractivity contribution is 6.00. The summed E-state index contributed by atoms with van der Waals surface area (Å²) in [5.74, 6) is 0.611. The Labute approximate surface area is 146 Å². The van der Waals surface area contributed by atoms with Crippen molar-refractivity contribution in [1.29, 1.82) is 0 Å². The van der Waals surface area contributed by atoms with E-state index in [1.54, 1.807) is 19.2 Å². The van der Waals surface area contributed by atoms with Crippen LogP contribution in [0.5, 0.6) is 5.75 Å². The van der Waals surface area contributed by atoms with Gasteiger partial charge in [-0.3, -0.25) is 0 Å². The molecule has 126 valence electrons. The predicted octanol–water partition coefficient (Wildman–Crippen LogP) is 5.08. The van der Waals surface area contributed by atoms with Gasteiger partial charge in [0.05, 0.1) is 12.8 Å². The van der Waals surface area contributed by atoms with Gasteiger partial charge in [-0.15, -0.1) is 0 Å². The molecule has 0 atom stereocenters. The molecule has 0 aliphatic heterocycles. The largest absolute Gasteiger partial charge is 0.495 e. The molecule has 0 aliphatic rings. The van der Waals surface area contributed by atoms with Crippen molar-refractivity contribution in [2.75, 3.05) is 23.1 Å². The molecule has 0 saturated heterocycles. The van der Waals surface area contributed by atoms with Crippen LogP contribution >= 0.6 is 0 Å². The van der Waals surface area contributed by atoms with Crippen LogP contribution in [0.1, 0.15) is 0 Å². The predicted molar refractivity (Wildman–Crippen MR) is 102 cm³/mol. The van der Waals surface area contributed by atoms with E-state index in [-0.39, 0.29) is 6.03 Å². The first-order valence-corrected chi connectivity index (χ1v) is 7.88. The number of anilines is 4. The summed E-state index contributed by atoms with van der Waals surface area (Å²) in [6, 6.07) is 24.3. The van der Waals surface area contributed by atoms with Gasteiger partial charge in [0.25, 0.3) is 0 Å². The van der Waals surface area contributed by atoms with E-state index in [0.717, 1.165) is 11.4 Å². The zero-order chi connectivity index (χ0) is 17.5. The number of urea groups is 1. The molecule has 5 heteroatoms. The van der Waals surface area contributed by atoms with E-state index in [9.17, 15) is 4.79 Å². The van der Waals surface area contributed by atoms with E-state index >= 15 is 0 Å². The Hall–Kier alpha value is -3.47. The molecule has 0 fully saturated rings. The highest BCUT2D eigenvalue weighted by atomic mass is 16.5. The van der Waals surface area contributed by atoms with E-state index in [4.69, 9.17) is 4.74 Å². The highest BCUT2D eigenvalue weighted by Crippen LogP contribution is 2.23. The summed E-state index contributed by atoms with van der Waals surface area (Å²) in [6.45, 7) is 0. The lowest BCUT2D eigenvalue weighted by Gasteiger charge is -2.11. The molecule has 0 spiro atoms. The van der Waals surface area contributed by atoms with E-state index in [0.29, 0.717) is 17.1 Å². The average Bonchev–Trinajstić information content (AvgIpc) is 2.64. The van der Waals surface area contributed by atoms with Gasteiger partial charge in [0.1, 0.15) is 5.75 Å². The lowest BCUT2D eigenvalue weighted by Crippen LogP contribution is -2.19. The third kappa shape index (κ3) is 4.51. The second kappa shape index (κ2) is 7.88. The van der Waals surface area contributed by atoms with Gasteiger partial charge in [0.15, 0.2) is 0 Å². The number of carbonyl (C=O) groups is 1. The van der Waals surface area contributed by atoms with E-state index in [2.05, 4.69) is 16.0 Å². The van der Waals surface area contributed by atoms with Crippen molar-refractivity contribution in [2.45, 2.75) is 0 Å². The Morgan fingerprint density at radius 2 is 1.32 bits per heavy atom. The lowest BCUT2D eigenvalue weighted by atomic mass is 10.2. The quantitative estimate of drug-likeness (QED) is 0.610. The molecule has 5 nitrogen and oxygen atoms in total. The summed E-state index contributed by atoms with van der Waals surface area (Å²) in [7, 11) is 1.57. The number of nitrogens with one attached hydrogen (secondary N) is 3. The highest BCUT2D eigenvalue weighted by Gasteiger charge is 2.06. The minimum Gasteiger partial charge on any atom is -0.495 e. The maximum Gasteiger partial charge on any atom is 0.323 e. The molecule has 0 aromatic heterocycles. The van der Waals surface area contributed by atoms with Gasteiger partial charge in [-0.05, 0) is 48.5 Å². The number of methoxy groups -OCH3 is 1. The Kier molecular flexibility index (Phi) is 5.16. The number of para-hydroxylation sites is 3. The van der Waals surface area contributed by atoms with Crippen LogP contribution in [0.15, 0.2) is 78.9 Å². The van der Waals surface area contributed by atoms with Gasteiger partial charge in [0.2, 0.25) is 0 Å². The summed E-state index contributed by atoms with van der Waals surface area (Å²) in [6.07, 6.45) is 0. The van der Waals surface area contributed by atoms with Crippen LogP contribution in [-0.4, -0.2) is 13.1 Å². The lowest BCUT2D eigenvalue weighted by molar-refractivity contribution is 0.262. The molecule has 0 saturated carbocycles. The van der Waals surface area contributed by atoms with E-state index < -0.39 is 0 Å². The average molecular weight is 333 g/mol. The van der Waals surface area contributed by atoms with Crippen LogP contribution in [0.4, 0.5) is 27.5 Å². The molecule has 0 aliphatic carbocycles.